The molecule has 1 aliphatic rings. The van der Waals surface area contributed by atoms with Crippen molar-refractivity contribution < 1.29 is 19.4 Å². The summed E-state index contributed by atoms with van der Waals surface area (Å²) in [4.78, 5) is 10.6. The average molecular weight is 313 g/mol. The Morgan fingerprint density at radius 1 is 1.26 bits per heavy atom. The molecule has 0 bridgehead atoms. The summed E-state index contributed by atoms with van der Waals surface area (Å²) in [6.07, 6.45) is 0.759. The monoisotopic (exact) mass is 313 g/mol. The molecule has 0 radical (unpaired) electrons. The zero-order valence-electron chi connectivity index (χ0n) is 12.6. The molecule has 5 nitrogen and oxygen atoms in total. The quantitative estimate of drug-likeness (QED) is 0.887. The Morgan fingerprint density at radius 3 is 2.74 bits per heavy atom. The molecule has 1 heterocycles. The molecule has 0 aromatic heterocycles. The first-order valence-corrected chi connectivity index (χ1v) is 7.57. The standard InChI is InChI=1S/C18H19NO4/c19-10-13-8-16(12-4-2-1-3-5-12)23-17-9-14(6-7-15(13)17)22-11-18(20)21/h1-7,9,13,16H,8,10-11,19H2,(H,20,21). The van der Waals surface area contributed by atoms with E-state index in [0.717, 1.165) is 17.5 Å². The fraction of sp³-hybridized carbons (Fsp3) is 0.278. The van der Waals surface area contributed by atoms with Crippen LogP contribution in [-0.2, 0) is 4.79 Å². The molecule has 3 N–H and O–H groups in total. The van der Waals surface area contributed by atoms with Crippen LogP contribution in [0.3, 0.4) is 0 Å². The molecular formula is C18H19NO4. The van der Waals surface area contributed by atoms with Crippen molar-refractivity contribution in [2.24, 2.45) is 5.73 Å². The van der Waals surface area contributed by atoms with Crippen molar-refractivity contribution in [1.29, 1.82) is 0 Å². The Bertz CT molecular complexity index is 687. The van der Waals surface area contributed by atoms with Gasteiger partial charge in [0.1, 0.15) is 17.6 Å². The number of carboxylic acid groups (broad SMARTS) is 1. The molecule has 2 atom stereocenters. The predicted molar refractivity (Wildman–Crippen MR) is 85.8 cm³/mol. The topological polar surface area (TPSA) is 81.8 Å². The van der Waals surface area contributed by atoms with Gasteiger partial charge in [0.05, 0.1) is 0 Å². The van der Waals surface area contributed by atoms with Gasteiger partial charge in [-0.1, -0.05) is 36.4 Å². The fourth-order valence-corrected chi connectivity index (χ4v) is 2.87. The highest BCUT2D eigenvalue weighted by Gasteiger charge is 2.28. The number of carboxylic acids is 1. The minimum absolute atomic E-state index is 0.0630. The summed E-state index contributed by atoms with van der Waals surface area (Å²) >= 11 is 0. The summed E-state index contributed by atoms with van der Waals surface area (Å²) < 4.78 is 11.3. The van der Waals surface area contributed by atoms with E-state index in [0.29, 0.717) is 18.0 Å². The molecule has 0 fully saturated rings. The molecule has 2 aromatic rings. The van der Waals surface area contributed by atoms with Gasteiger partial charge < -0.3 is 20.3 Å². The third-order valence-electron chi connectivity index (χ3n) is 4.01. The Labute approximate surface area is 134 Å². The van der Waals surface area contributed by atoms with Crippen molar-refractivity contribution in [2.75, 3.05) is 13.2 Å². The minimum Gasteiger partial charge on any atom is -0.485 e. The number of ether oxygens (including phenoxy) is 2. The first-order chi connectivity index (χ1) is 11.2. The van der Waals surface area contributed by atoms with Crippen molar-refractivity contribution in [3.63, 3.8) is 0 Å². The average Bonchev–Trinajstić information content (AvgIpc) is 2.59. The van der Waals surface area contributed by atoms with Gasteiger partial charge in [-0.05, 0) is 30.2 Å². The van der Waals surface area contributed by atoms with Gasteiger partial charge in [-0.3, -0.25) is 0 Å². The molecule has 0 saturated heterocycles. The molecule has 0 amide bonds. The highest BCUT2D eigenvalue weighted by atomic mass is 16.5. The van der Waals surface area contributed by atoms with Crippen molar-refractivity contribution in [3.05, 3.63) is 59.7 Å². The van der Waals surface area contributed by atoms with Gasteiger partial charge in [-0.25, -0.2) is 4.79 Å². The van der Waals surface area contributed by atoms with Gasteiger partial charge in [0, 0.05) is 12.0 Å². The lowest BCUT2D eigenvalue weighted by molar-refractivity contribution is -0.139. The van der Waals surface area contributed by atoms with Crippen molar-refractivity contribution in [3.8, 4) is 11.5 Å². The second kappa shape index (κ2) is 6.71. The summed E-state index contributed by atoms with van der Waals surface area (Å²) in [6, 6.07) is 15.4. The van der Waals surface area contributed by atoms with Gasteiger partial charge in [0.25, 0.3) is 0 Å². The van der Waals surface area contributed by atoms with Crippen LogP contribution in [0.2, 0.25) is 0 Å². The van der Waals surface area contributed by atoms with Crippen LogP contribution >= 0.6 is 0 Å². The number of benzene rings is 2. The second-order valence-corrected chi connectivity index (χ2v) is 5.57. The van der Waals surface area contributed by atoms with Crippen LogP contribution in [0, 0.1) is 0 Å². The maximum Gasteiger partial charge on any atom is 0.341 e. The van der Waals surface area contributed by atoms with Crippen LogP contribution < -0.4 is 15.2 Å². The van der Waals surface area contributed by atoms with E-state index >= 15 is 0 Å². The van der Waals surface area contributed by atoms with Gasteiger partial charge in [-0.2, -0.15) is 0 Å². The number of hydrogen-bond donors (Lipinski definition) is 2. The molecule has 0 saturated carbocycles. The summed E-state index contributed by atoms with van der Waals surface area (Å²) in [5, 5.41) is 8.71. The van der Waals surface area contributed by atoms with E-state index in [4.69, 9.17) is 20.3 Å². The van der Waals surface area contributed by atoms with Gasteiger partial charge >= 0.3 is 5.97 Å². The van der Waals surface area contributed by atoms with Gasteiger partial charge in [-0.15, -0.1) is 0 Å². The predicted octanol–water partition coefficient (Wildman–Crippen LogP) is 2.72. The molecule has 23 heavy (non-hydrogen) atoms. The molecule has 0 aliphatic carbocycles. The summed E-state index contributed by atoms with van der Waals surface area (Å²) in [7, 11) is 0. The SMILES string of the molecule is NCC1CC(c2ccccc2)Oc2cc(OCC(=O)O)ccc21. The molecule has 1 aliphatic heterocycles. The van der Waals surface area contributed by atoms with Gasteiger partial charge in [0.2, 0.25) is 0 Å². The number of nitrogens with two attached hydrogens (primary N) is 1. The minimum atomic E-state index is -1.01. The maximum atomic E-state index is 10.6. The number of aliphatic carboxylic acids is 1. The normalized spacial score (nSPS) is 19.5. The van der Waals surface area contributed by atoms with Crippen LogP contribution in [0.15, 0.2) is 48.5 Å². The molecule has 2 unspecified atom stereocenters. The molecule has 0 spiro atoms. The number of rotatable bonds is 5. The summed E-state index contributed by atoms with van der Waals surface area (Å²) in [5.74, 6) is 0.391. The number of fused-ring (bicyclic) bond motifs is 1. The smallest absolute Gasteiger partial charge is 0.341 e. The Kier molecular flexibility index (Phi) is 4.48. The second-order valence-electron chi connectivity index (χ2n) is 5.57. The summed E-state index contributed by atoms with van der Waals surface area (Å²) in [6.45, 7) is 0.163. The van der Waals surface area contributed by atoms with Crippen LogP contribution in [0.5, 0.6) is 11.5 Å². The zero-order valence-corrected chi connectivity index (χ0v) is 12.6. The maximum absolute atomic E-state index is 10.6. The third-order valence-corrected chi connectivity index (χ3v) is 4.01. The van der Waals surface area contributed by atoms with E-state index in [1.165, 1.54) is 0 Å². The zero-order chi connectivity index (χ0) is 16.2. The fourth-order valence-electron chi connectivity index (χ4n) is 2.87. The lowest BCUT2D eigenvalue weighted by Crippen LogP contribution is -2.24. The van der Waals surface area contributed by atoms with Crippen molar-refractivity contribution >= 4 is 5.97 Å². The van der Waals surface area contributed by atoms with Crippen LogP contribution in [0.4, 0.5) is 0 Å². The van der Waals surface area contributed by atoms with Crippen LogP contribution in [0.25, 0.3) is 0 Å². The largest absolute Gasteiger partial charge is 0.485 e. The lowest BCUT2D eigenvalue weighted by atomic mass is 9.87. The molecule has 3 rings (SSSR count). The molecule has 2 aromatic carbocycles. The molecule has 120 valence electrons. The van der Waals surface area contributed by atoms with Crippen molar-refractivity contribution in [1.82, 2.24) is 0 Å². The Morgan fingerprint density at radius 2 is 2.04 bits per heavy atom. The third kappa shape index (κ3) is 3.46. The number of carbonyl (C=O) groups is 1. The van der Waals surface area contributed by atoms with E-state index in [2.05, 4.69) is 0 Å². The van der Waals surface area contributed by atoms with Gasteiger partial charge in [0.15, 0.2) is 6.61 Å². The van der Waals surface area contributed by atoms with Crippen LogP contribution in [0.1, 0.15) is 29.6 Å². The van der Waals surface area contributed by atoms with E-state index < -0.39 is 5.97 Å². The molecule has 5 heteroatoms. The summed E-state index contributed by atoms with van der Waals surface area (Å²) in [5.41, 5.74) is 8.08. The highest BCUT2D eigenvalue weighted by Crippen LogP contribution is 2.43. The van der Waals surface area contributed by atoms with Crippen LogP contribution in [-0.4, -0.2) is 24.2 Å². The van der Waals surface area contributed by atoms with E-state index in [1.54, 1.807) is 12.1 Å². The Hall–Kier alpha value is -2.53. The lowest BCUT2D eigenvalue weighted by Gasteiger charge is -2.32. The van der Waals surface area contributed by atoms with E-state index in [-0.39, 0.29) is 18.6 Å². The van der Waals surface area contributed by atoms with E-state index in [1.807, 2.05) is 36.4 Å². The number of hydrogen-bond acceptors (Lipinski definition) is 4. The first-order valence-electron chi connectivity index (χ1n) is 7.57. The van der Waals surface area contributed by atoms with E-state index in [9.17, 15) is 4.79 Å². The van der Waals surface area contributed by atoms with Crippen molar-refractivity contribution in [2.45, 2.75) is 18.4 Å². The highest BCUT2D eigenvalue weighted by molar-refractivity contribution is 5.68. The first kappa shape index (κ1) is 15.4. The Balaban J connectivity index is 1.87. The molecular weight excluding hydrogens is 294 g/mol.